The van der Waals surface area contributed by atoms with E-state index < -0.39 is 0 Å². The number of thiophene rings is 1. The highest BCUT2D eigenvalue weighted by molar-refractivity contribution is 7.10. The number of hydrogen-bond donors (Lipinski definition) is 1. The number of ether oxygens (including phenoxy) is 1. The minimum atomic E-state index is -0.183. The molecule has 0 atom stereocenters. The predicted octanol–water partition coefficient (Wildman–Crippen LogP) is 3.33. The maximum absolute atomic E-state index is 12.9. The molecule has 1 amide bonds. The lowest BCUT2D eigenvalue weighted by Gasteiger charge is -2.44. The van der Waals surface area contributed by atoms with Gasteiger partial charge in [0, 0.05) is 30.0 Å². The fourth-order valence-electron chi connectivity index (χ4n) is 4.09. The Bertz CT molecular complexity index is 937. The molecule has 1 saturated heterocycles. The number of piperidine rings is 1. The maximum Gasteiger partial charge on any atom is 0.253 e. The van der Waals surface area contributed by atoms with E-state index in [-0.39, 0.29) is 11.5 Å². The maximum atomic E-state index is 12.9. The molecular weight excluding hydrogens is 334 g/mol. The second-order valence-corrected chi connectivity index (χ2v) is 7.78. The molecule has 0 unspecified atom stereocenters. The Hall–Kier alpha value is -2.18. The fraction of sp³-hybridized carbons (Fsp3) is 0.368. The van der Waals surface area contributed by atoms with E-state index in [4.69, 9.17) is 4.74 Å². The number of carbonyl (C=O) groups is 1. The number of fused-ring (bicyclic) bond motifs is 3. The van der Waals surface area contributed by atoms with Crippen molar-refractivity contribution in [3.8, 4) is 0 Å². The first-order valence-corrected chi connectivity index (χ1v) is 9.56. The third-order valence-corrected chi connectivity index (χ3v) is 6.45. The first-order valence-electron chi connectivity index (χ1n) is 8.68. The van der Waals surface area contributed by atoms with Gasteiger partial charge < -0.3 is 14.6 Å². The van der Waals surface area contributed by atoms with Gasteiger partial charge in [0.1, 0.15) is 0 Å². The summed E-state index contributed by atoms with van der Waals surface area (Å²) >= 11 is 1.83. The van der Waals surface area contributed by atoms with Crippen LogP contribution in [-0.2, 0) is 16.8 Å². The minimum Gasteiger partial charge on any atom is -0.370 e. The molecule has 2 aliphatic heterocycles. The van der Waals surface area contributed by atoms with Gasteiger partial charge in [-0.2, -0.15) is 0 Å². The van der Waals surface area contributed by atoms with E-state index in [9.17, 15) is 4.79 Å². The summed E-state index contributed by atoms with van der Waals surface area (Å²) in [7, 11) is 0. The molecule has 128 valence electrons. The summed E-state index contributed by atoms with van der Waals surface area (Å²) in [5.74, 6) is 0.0905. The van der Waals surface area contributed by atoms with Gasteiger partial charge in [0.05, 0.1) is 29.6 Å². The van der Waals surface area contributed by atoms with Gasteiger partial charge in [-0.15, -0.1) is 11.3 Å². The van der Waals surface area contributed by atoms with Gasteiger partial charge in [-0.3, -0.25) is 4.79 Å². The first-order chi connectivity index (χ1) is 12.3. The number of carbonyl (C=O) groups excluding carboxylic acids is 1. The van der Waals surface area contributed by atoms with Gasteiger partial charge in [0.25, 0.3) is 5.91 Å². The SMILES string of the molecule is O=C(c1ccc2nc[nH]c2c1)N1CCC2(CC1)OCCc1sccc12. The summed E-state index contributed by atoms with van der Waals surface area (Å²) in [4.78, 5) is 23.6. The standard InChI is InChI=1S/C19H19N3O2S/c23-18(13-1-2-15-16(11-13)21-12-20-15)22-7-5-19(6-8-22)14-4-10-25-17(14)3-9-24-19/h1-2,4,10-12H,3,5-9H2,(H,20,21). The Balaban J connectivity index is 1.36. The average Bonchev–Trinajstić information content (AvgIpc) is 3.31. The molecule has 1 aromatic carbocycles. The Kier molecular flexibility index (Phi) is 3.43. The summed E-state index contributed by atoms with van der Waals surface area (Å²) < 4.78 is 6.23. The third-order valence-electron chi connectivity index (χ3n) is 5.47. The van der Waals surface area contributed by atoms with Gasteiger partial charge in [-0.25, -0.2) is 4.98 Å². The molecule has 2 aliphatic rings. The van der Waals surface area contributed by atoms with Crippen molar-refractivity contribution >= 4 is 28.3 Å². The van der Waals surface area contributed by atoms with Crippen LogP contribution < -0.4 is 0 Å². The Morgan fingerprint density at radius 1 is 1.28 bits per heavy atom. The van der Waals surface area contributed by atoms with Gasteiger partial charge >= 0.3 is 0 Å². The Labute approximate surface area is 149 Å². The normalized spacial score (nSPS) is 19.3. The summed E-state index contributed by atoms with van der Waals surface area (Å²) in [5, 5.41) is 2.16. The lowest BCUT2D eigenvalue weighted by molar-refractivity contribution is -0.0926. The lowest BCUT2D eigenvalue weighted by atomic mass is 9.82. The molecule has 0 aliphatic carbocycles. The number of hydrogen-bond acceptors (Lipinski definition) is 4. The van der Waals surface area contributed by atoms with Crippen molar-refractivity contribution in [2.45, 2.75) is 24.9 Å². The van der Waals surface area contributed by atoms with Crippen molar-refractivity contribution in [3.63, 3.8) is 0 Å². The number of benzene rings is 1. The largest absolute Gasteiger partial charge is 0.370 e. The van der Waals surface area contributed by atoms with Crippen LogP contribution in [0.5, 0.6) is 0 Å². The van der Waals surface area contributed by atoms with Crippen molar-refractivity contribution in [2.75, 3.05) is 19.7 Å². The van der Waals surface area contributed by atoms with Crippen LogP contribution in [0.4, 0.5) is 0 Å². The van der Waals surface area contributed by atoms with Crippen LogP contribution in [0.2, 0.25) is 0 Å². The molecule has 5 nitrogen and oxygen atoms in total. The molecule has 5 rings (SSSR count). The molecule has 0 radical (unpaired) electrons. The molecule has 25 heavy (non-hydrogen) atoms. The average molecular weight is 353 g/mol. The molecule has 0 saturated carbocycles. The summed E-state index contributed by atoms with van der Waals surface area (Å²) in [6, 6.07) is 7.86. The molecule has 4 heterocycles. The van der Waals surface area contributed by atoms with Crippen LogP contribution in [-0.4, -0.2) is 40.5 Å². The number of aromatic amines is 1. The van der Waals surface area contributed by atoms with E-state index >= 15 is 0 Å². The minimum absolute atomic E-state index is 0.0905. The highest BCUT2D eigenvalue weighted by atomic mass is 32.1. The zero-order chi connectivity index (χ0) is 16.9. The van der Waals surface area contributed by atoms with Crippen molar-refractivity contribution < 1.29 is 9.53 Å². The predicted molar refractivity (Wildman–Crippen MR) is 96.9 cm³/mol. The highest BCUT2D eigenvalue weighted by Crippen LogP contribution is 2.43. The van der Waals surface area contributed by atoms with E-state index in [1.165, 1.54) is 10.4 Å². The second kappa shape index (κ2) is 5.68. The number of aromatic nitrogens is 2. The van der Waals surface area contributed by atoms with Gasteiger partial charge in [0.2, 0.25) is 0 Å². The highest BCUT2D eigenvalue weighted by Gasteiger charge is 2.42. The van der Waals surface area contributed by atoms with Crippen molar-refractivity contribution in [3.05, 3.63) is 52.0 Å². The van der Waals surface area contributed by atoms with E-state index in [2.05, 4.69) is 21.4 Å². The molecule has 1 N–H and O–H groups in total. The van der Waals surface area contributed by atoms with Gasteiger partial charge in [0.15, 0.2) is 0 Å². The number of likely N-dealkylation sites (tertiary alicyclic amines) is 1. The number of nitrogens with one attached hydrogen (secondary N) is 1. The molecule has 6 heteroatoms. The van der Waals surface area contributed by atoms with Crippen LogP contribution in [0.15, 0.2) is 36.0 Å². The lowest BCUT2D eigenvalue weighted by Crippen LogP contribution is -2.48. The number of rotatable bonds is 1. The number of imidazole rings is 1. The third kappa shape index (κ3) is 2.40. The van der Waals surface area contributed by atoms with E-state index in [0.717, 1.165) is 50.0 Å². The fourth-order valence-corrected chi connectivity index (χ4v) is 5.04. The quantitative estimate of drug-likeness (QED) is 0.730. The van der Waals surface area contributed by atoms with Gasteiger partial charge in [-0.1, -0.05) is 0 Å². The Morgan fingerprint density at radius 3 is 3.04 bits per heavy atom. The van der Waals surface area contributed by atoms with Crippen LogP contribution >= 0.6 is 11.3 Å². The number of amides is 1. The molecule has 2 aromatic heterocycles. The number of nitrogens with zero attached hydrogens (tertiary/aromatic N) is 2. The smallest absolute Gasteiger partial charge is 0.253 e. The van der Waals surface area contributed by atoms with Crippen LogP contribution in [0, 0.1) is 0 Å². The molecule has 1 spiro atoms. The monoisotopic (exact) mass is 353 g/mol. The van der Waals surface area contributed by atoms with Crippen LogP contribution in [0.1, 0.15) is 33.6 Å². The topological polar surface area (TPSA) is 58.2 Å². The van der Waals surface area contributed by atoms with Crippen LogP contribution in [0.25, 0.3) is 11.0 Å². The van der Waals surface area contributed by atoms with Crippen LogP contribution in [0.3, 0.4) is 0 Å². The molecular formula is C19H19N3O2S. The van der Waals surface area contributed by atoms with E-state index in [1.54, 1.807) is 6.33 Å². The zero-order valence-corrected chi connectivity index (χ0v) is 14.6. The molecule has 0 bridgehead atoms. The zero-order valence-electron chi connectivity index (χ0n) is 13.8. The van der Waals surface area contributed by atoms with Crippen molar-refractivity contribution in [2.24, 2.45) is 0 Å². The summed E-state index contributed by atoms with van der Waals surface area (Å²) in [5.41, 5.74) is 3.67. The van der Waals surface area contributed by atoms with Crippen molar-refractivity contribution in [1.29, 1.82) is 0 Å². The van der Waals surface area contributed by atoms with Crippen molar-refractivity contribution in [1.82, 2.24) is 14.9 Å². The van der Waals surface area contributed by atoms with E-state index in [0.29, 0.717) is 5.56 Å². The summed E-state index contributed by atoms with van der Waals surface area (Å²) in [6.07, 6.45) is 4.41. The number of H-pyrrole nitrogens is 1. The second-order valence-electron chi connectivity index (χ2n) is 6.78. The first kappa shape index (κ1) is 15.1. The van der Waals surface area contributed by atoms with Gasteiger partial charge in [-0.05, 0) is 48.1 Å². The Morgan fingerprint density at radius 2 is 2.16 bits per heavy atom. The summed E-state index contributed by atoms with van der Waals surface area (Å²) in [6.45, 7) is 2.25. The van der Waals surface area contributed by atoms with E-state index in [1.807, 2.05) is 34.4 Å². The molecule has 1 fully saturated rings. The molecule has 3 aromatic rings.